The first-order chi connectivity index (χ1) is 15.9. The van der Waals surface area contributed by atoms with Crippen LogP contribution in [0, 0.1) is 6.92 Å². The quantitative estimate of drug-likeness (QED) is 0.471. The number of carbonyl (C=O) groups excluding carboxylic acids is 1. The van der Waals surface area contributed by atoms with Crippen LogP contribution in [0.25, 0.3) is 10.8 Å². The predicted octanol–water partition coefficient (Wildman–Crippen LogP) is 3.64. The minimum absolute atomic E-state index is 0.159. The molecule has 8 heteroatoms. The van der Waals surface area contributed by atoms with Crippen molar-refractivity contribution in [3.05, 3.63) is 100.0 Å². The van der Waals surface area contributed by atoms with Crippen LogP contribution in [0.1, 0.15) is 27.7 Å². The molecular formula is C25H21N3O5. The van der Waals surface area contributed by atoms with Crippen LogP contribution in [-0.2, 0) is 4.79 Å². The molecule has 1 aromatic heterocycles. The molecular weight excluding hydrogens is 422 g/mol. The highest BCUT2D eigenvalue weighted by atomic mass is 16.5. The molecule has 0 spiro atoms. The van der Waals surface area contributed by atoms with Gasteiger partial charge in [-0.1, -0.05) is 54.6 Å². The Morgan fingerprint density at radius 3 is 2.33 bits per heavy atom. The molecule has 1 atom stereocenters. The number of fused-ring (bicyclic) bond motifs is 1. The van der Waals surface area contributed by atoms with Crippen LogP contribution in [-0.4, -0.2) is 33.9 Å². The third-order valence-corrected chi connectivity index (χ3v) is 5.25. The number of nitrogens with one attached hydrogen (secondary N) is 1. The zero-order valence-corrected chi connectivity index (χ0v) is 18.0. The summed E-state index contributed by atoms with van der Waals surface area (Å²) in [5.74, 6) is -1.41. The van der Waals surface area contributed by atoms with Gasteiger partial charge < -0.3 is 15.2 Å². The third kappa shape index (κ3) is 4.18. The van der Waals surface area contributed by atoms with Gasteiger partial charge in [-0.05, 0) is 36.2 Å². The Morgan fingerprint density at radius 1 is 1.00 bits per heavy atom. The molecule has 0 bridgehead atoms. The van der Waals surface area contributed by atoms with E-state index in [1.807, 2.05) is 13.0 Å². The summed E-state index contributed by atoms with van der Waals surface area (Å²) in [7, 11) is 1.49. The number of amides is 1. The summed E-state index contributed by atoms with van der Waals surface area (Å²) in [6.07, 6.45) is 0. The van der Waals surface area contributed by atoms with Crippen LogP contribution in [0.2, 0.25) is 0 Å². The molecule has 4 aromatic rings. The fraction of sp³-hybridized carbons (Fsp3) is 0.120. The highest BCUT2D eigenvalue weighted by molar-refractivity contribution is 6.02. The number of ether oxygens (including phenoxy) is 1. The molecule has 33 heavy (non-hydrogen) atoms. The number of aromatic carboxylic acids is 1. The number of carbonyl (C=O) groups is 2. The molecule has 0 aliphatic heterocycles. The number of nitrogens with zero attached hydrogens (tertiary/aromatic N) is 2. The zero-order valence-electron chi connectivity index (χ0n) is 18.0. The second-order valence-electron chi connectivity index (χ2n) is 7.46. The number of benzene rings is 3. The predicted molar refractivity (Wildman–Crippen MR) is 124 cm³/mol. The van der Waals surface area contributed by atoms with Crippen molar-refractivity contribution in [1.29, 1.82) is 0 Å². The smallest absolute Gasteiger partial charge is 0.357 e. The molecule has 0 aliphatic rings. The molecule has 1 unspecified atom stereocenters. The van der Waals surface area contributed by atoms with E-state index >= 15 is 0 Å². The highest BCUT2D eigenvalue weighted by Crippen LogP contribution is 2.28. The van der Waals surface area contributed by atoms with Crippen molar-refractivity contribution in [2.24, 2.45) is 0 Å². The molecule has 0 saturated heterocycles. The Morgan fingerprint density at radius 2 is 1.67 bits per heavy atom. The first-order valence-electron chi connectivity index (χ1n) is 10.2. The molecule has 166 valence electrons. The first kappa shape index (κ1) is 21.8. The number of aryl methyl sites for hydroxylation is 1. The van der Waals surface area contributed by atoms with Crippen molar-refractivity contribution in [3.63, 3.8) is 0 Å². The zero-order chi connectivity index (χ0) is 23.5. The second-order valence-corrected chi connectivity index (χ2v) is 7.46. The number of rotatable bonds is 6. The summed E-state index contributed by atoms with van der Waals surface area (Å²) in [5, 5.41) is 17.0. The van der Waals surface area contributed by atoms with Crippen LogP contribution in [0.3, 0.4) is 0 Å². The van der Waals surface area contributed by atoms with Crippen LogP contribution >= 0.6 is 0 Å². The topological polar surface area (TPSA) is 111 Å². The molecule has 8 nitrogen and oxygen atoms in total. The molecule has 4 rings (SSSR count). The number of hydrogen-bond donors (Lipinski definition) is 2. The Kier molecular flexibility index (Phi) is 5.91. The number of carboxylic acids is 1. The maximum Gasteiger partial charge on any atom is 0.357 e. The lowest BCUT2D eigenvalue weighted by atomic mass is 10.0. The van der Waals surface area contributed by atoms with E-state index in [1.54, 1.807) is 54.6 Å². The molecule has 0 fully saturated rings. The third-order valence-electron chi connectivity index (χ3n) is 5.25. The van der Waals surface area contributed by atoms with Crippen LogP contribution < -0.4 is 15.6 Å². The lowest BCUT2D eigenvalue weighted by Gasteiger charge is -2.21. The summed E-state index contributed by atoms with van der Waals surface area (Å²) in [4.78, 5) is 38.8. The number of anilines is 1. The Hall–Kier alpha value is -4.46. The fourth-order valence-electron chi connectivity index (χ4n) is 3.70. The SMILES string of the molecule is COc1ccc(C)cc1NC(=O)C(c1ccccc1)n1nc(C(=O)O)c2ccccc2c1=O. The van der Waals surface area contributed by atoms with Gasteiger partial charge in [0, 0.05) is 5.39 Å². The van der Waals surface area contributed by atoms with E-state index in [0.717, 1.165) is 10.2 Å². The highest BCUT2D eigenvalue weighted by Gasteiger charge is 2.28. The number of methoxy groups -OCH3 is 1. The van der Waals surface area contributed by atoms with Crippen molar-refractivity contribution < 1.29 is 19.4 Å². The van der Waals surface area contributed by atoms with E-state index in [2.05, 4.69) is 10.4 Å². The molecule has 1 heterocycles. The van der Waals surface area contributed by atoms with Crippen molar-refractivity contribution in [1.82, 2.24) is 9.78 Å². The van der Waals surface area contributed by atoms with E-state index in [9.17, 15) is 19.5 Å². The van der Waals surface area contributed by atoms with Crippen LogP contribution in [0.5, 0.6) is 5.75 Å². The molecule has 1 amide bonds. The van der Waals surface area contributed by atoms with Gasteiger partial charge in [0.2, 0.25) is 0 Å². The maximum atomic E-state index is 13.5. The van der Waals surface area contributed by atoms with Crippen LogP contribution in [0.4, 0.5) is 5.69 Å². The van der Waals surface area contributed by atoms with Crippen molar-refractivity contribution in [2.45, 2.75) is 13.0 Å². The van der Waals surface area contributed by atoms with Gasteiger partial charge >= 0.3 is 5.97 Å². The van der Waals surface area contributed by atoms with E-state index < -0.39 is 23.5 Å². The monoisotopic (exact) mass is 443 g/mol. The van der Waals surface area contributed by atoms with Gasteiger partial charge in [-0.15, -0.1) is 0 Å². The molecule has 0 radical (unpaired) electrons. The lowest BCUT2D eigenvalue weighted by molar-refractivity contribution is -0.118. The fourth-order valence-corrected chi connectivity index (χ4v) is 3.70. The van der Waals surface area contributed by atoms with Gasteiger partial charge in [0.05, 0.1) is 18.2 Å². The molecule has 0 saturated carbocycles. The van der Waals surface area contributed by atoms with E-state index in [-0.39, 0.29) is 16.5 Å². The number of aromatic nitrogens is 2. The molecule has 2 N–H and O–H groups in total. The second kappa shape index (κ2) is 8.96. The van der Waals surface area contributed by atoms with Crippen molar-refractivity contribution in [2.75, 3.05) is 12.4 Å². The lowest BCUT2D eigenvalue weighted by Crippen LogP contribution is -2.37. The van der Waals surface area contributed by atoms with Crippen molar-refractivity contribution in [3.8, 4) is 5.75 Å². The Labute approximate surface area is 189 Å². The normalized spacial score (nSPS) is 11.7. The first-order valence-corrected chi connectivity index (χ1v) is 10.2. The van der Waals surface area contributed by atoms with Gasteiger partial charge in [0.15, 0.2) is 11.7 Å². The minimum atomic E-state index is -1.30. The number of carboxylic acid groups (broad SMARTS) is 1. The standard InChI is InChI=1S/C25H21N3O5/c1-15-12-13-20(33-2)19(14-15)26-23(29)22(16-8-4-3-5-9-16)28-24(30)18-11-7-6-10-17(18)21(27-28)25(31)32/h3-14,22H,1-2H3,(H,26,29)(H,31,32). The Bertz CT molecular complexity index is 1410. The van der Waals surface area contributed by atoms with Crippen LogP contribution in [0.15, 0.2) is 77.6 Å². The van der Waals surface area contributed by atoms with Gasteiger partial charge in [-0.3, -0.25) is 9.59 Å². The summed E-state index contributed by atoms with van der Waals surface area (Å²) < 4.78 is 6.28. The van der Waals surface area contributed by atoms with E-state index in [1.165, 1.54) is 19.2 Å². The minimum Gasteiger partial charge on any atom is -0.495 e. The summed E-state index contributed by atoms with van der Waals surface area (Å²) in [5.41, 5.74) is 0.915. The summed E-state index contributed by atoms with van der Waals surface area (Å²) in [6, 6.07) is 19.0. The summed E-state index contributed by atoms with van der Waals surface area (Å²) in [6.45, 7) is 1.87. The number of hydrogen-bond acceptors (Lipinski definition) is 5. The summed E-state index contributed by atoms with van der Waals surface area (Å²) >= 11 is 0. The molecule has 3 aromatic carbocycles. The van der Waals surface area contributed by atoms with Crippen molar-refractivity contribution >= 4 is 28.3 Å². The Balaban J connectivity index is 1.92. The molecule has 0 aliphatic carbocycles. The van der Waals surface area contributed by atoms with Gasteiger partial charge in [-0.2, -0.15) is 5.10 Å². The van der Waals surface area contributed by atoms with E-state index in [4.69, 9.17) is 4.74 Å². The largest absolute Gasteiger partial charge is 0.495 e. The van der Waals surface area contributed by atoms with Gasteiger partial charge in [0.1, 0.15) is 5.75 Å². The van der Waals surface area contributed by atoms with Gasteiger partial charge in [-0.25, -0.2) is 9.48 Å². The average molecular weight is 443 g/mol. The van der Waals surface area contributed by atoms with Gasteiger partial charge in [0.25, 0.3) is 11.5 Å². The maximum absolute atomic E-state index is 13.5. The average Bonchev–Trinajstić information content (AvgIpc) is 2.81. The van der Waals surface area contributed by atoms with E-state index in [0.29, 0.717) is 17.0 Å².